The molecule has 2 N–H and O–H groups in total. The Morgan fingerprint density at radius 2 is 1.96 bits per heavy atom. The van der Waals surface area contributed by atoms with Crippen LogP contribution in [0.15, 0.2) is 42.5 Å². The summed E-state index contributed by atoms with van der Waals surface area (Å²) in [5.74, 6) is 0.290. The molecular formula is C19H19NO3S. The molecule has 3 atom stereocenters. The summed E-state index contributed by atoms with van der Waals surface area (Å²) < 4.78 is 0. The lowest BCUT2D eigenvalue weighted by atomic mass is 9.97. The Morgan fingerprint density at radius 3 is 2.71 bits per heavy atom. The van der Waals surface area contributed by atoms with Gasteiger partial charge in [-0.15, -0.1) is 0 Å². The van der Waals surface area contributed by atoms with Crippen molar-refractivity contribution in [3.05, 3.63) is 48.0 Å². The van der Waals surface area contributed by atoms with E-state index < -0.39 is 11.5 Å². The summed E-state index contributed by atoms with van der Waals surface area (Å²) in [6, 6.07) is 14.4. The van der Waals surface area contributed by atoms with Gasteiger partial charge < -0.3 is 10.4 Å². The molecule has 5 heteroatoms. The molecule has 24 heavy (non-hydrogen) atoms. The normalized spacial score (nSPS) is 28.7. The highest BCUT2D eigenvalue weighted by Crippen LogP contribution is 2.50. The average molecular weight is 341 g/mol. The molecule has 1 aliphatic carbocycles. The Labute approximate surface area is 144 Å². The topological polar surface area (TPSA) is 66.4 Å². The molecule has 4 nitrogen and oxygen atoms in total. The molecule has 3 unspecified atom stereocenters. The highest BCUT2D eigenvalue weighted by Gasteiger charge is 2.50. The molecule has 2 fully saturated rings. The van der Waals surface area contributed by atoms with Crippen molar-refractivity contribution in [3.8, 4) is 0 Å². The highest BCUT2D eigenvalue weighted by atomic mass is 32.2. The van der Waals surface area contributed by atoms with E-state index in [2.05, 4.69) is 29.6 Å². The first-order valence-electron chi connectivity index (χ1n) is 8.21. The lowest BCUT2D eigenvalue weighted by Gasteiger charge is -2.24. The summed E-state index contributed by atoms with van der Waals surface area (Å²) in [5, 5.41) is 14.7. The van der Waals surface area contributed by atoms with Gasteiger partial charge in [-0.05, 0) is 40.8 Å². The summed E-state index contributed by atoms with van der Waals surface area (Å²) in [7, 11) is 0. The Balaban J connectivity index is 1.53. The van der Waals surface area contributed by atoms with E-state index in [0.717, 1.165) is 12.2 Å². The van der Waals surface area contributed by atoms with Crippen molar-refractivity contribution >= 4 is 34.4 Å². The zero-order valence-electron chi connectivity index (χ0n) is 13.2. The third-order valence-corrected chi connectivity index (χ3v) is 6.33. The SMILES string of the molecule is O=C(NC1(C(=O)O)CCSC1)C1CC1c1cccc2ccccc12. The highest BCUT2D eigenvalue weighted by molar-refractivity contribution is 7.99. The second-order valence-electron chi connectivity index (χ2n) is 6.70. The number of thioether (sulfide) groups is 1. The van der Waals surface area contributed by atoms with E-state index in [1.165, 1.54) is 16.3 Å². The zero-order valence-corrected chi connectivity index (χ0v) is 14.0. The molecule has 2 aromatic carbocycles. The van der Waals surface area contributed by atoms with Gasteiger partial charge >= 0.3 is 5.97 Å². The molecule has 0 spiro atoms. The third kappa shape index (κ3) is 2.57. The predicted octanol–water partition coefficient (Wildman–Crippen LogP) is 3.02. The van der Waals surface area contributed by atoms with Gasteiger partial charge in [-0.1, -0.05) is 42.5 Å². The molecule has 1 saturated heterocycles. The number of carboxylic acid groups (broad SMARTS) is 1. The number of rotatable bonds is 4. The molecule has 124 valence electrons. The lowest BCUT2D eigenvalue weighted by molar-refractivity contribution is -0.146. The summed E-state index contributed by atoms with van der Waals surface area (Å²) >= 11 is 1.59. The van der Waals surface area contributed by atoms with Gasteiger partial charge in [0.15, 0.2) is 0 Å². The van der Waals surface area contributed by atoms with Gasteiger partial charge in [-0.3, -0.25) is 4.79 Å². The van der Waals surface area contributed by atoms with E-state index in [9.17, 15) is 14.7 Å². The van der Waals surface area contributed by atoms with Crippen LogP contribution in [-0.2, 0) is 9.59 Å². The maximum absolute atomic E-state index is 12.6. The van der Waals surface area contributed by atoms with Crippen LogP contribution >= 0.6 is 11.8 Å². The number of aliphatic carboxylic acids is 1. The first-order valence-corrected chi connectivity index (χ1v) is 9.37. The number of benzene rings is 2. The summed E-state index contributed by atoms with van der Waals surface area (Å²) in [5.41, 5.74) is 0.117. The minimum absolute atomic E-state index is 0.113. The van der Waals surface area contributed by atoms with E-state index in [4.69, 9.17) is 0 Å². The van der Waals surface area contributed by atoms with Crippen LogP contribution in [0.2, 0.25) is 0 Å². The van der Waals surface area contributed by atoms with Crippen LogP contribution in [0.4, 0.5) is 0 Å². The minimum Gasteiger partial charge on any atom is -0.479 e. The van der Waals surface area contributed by atoms with Crippen LogP contribution in [0.3, 0.4) is 0 Å². The molecule has 0 aromatic heterocycles. The average Bonchev–Trinajstić information content (AvgIpc) is 3.25. The molecule has 0 bridgehead atoms. The van der Waals surface area contributed by atoms with Crippen molar-refractivity contribution in [2.24, 2.45) is 5.92 Å². The maximum atomic E-state index is 12.6. The molecule has 4 rings (SSSR count). The van der Waals surface area contributed by atoms with Crippen LogP contribution in [-0.4, -0.2) is 34.0 Å². The van der Waals surface area contributed by atoms with Gasteiger partial charge in [0.2, 0.25) is 5.91 Å². The molecule has 2 aliphatic rings. The van der Waals surface area contributed by atoms with Crippen molar-refractivity contribution in [1.29, 1.82) is 0 Å². The number of hydrogen-bond donors (Lipinski definition) is 2. The molecule has 0 radical (unpaired) electrons. The fraction of sp³-hybridized carbons (Fsp3) is 0.368. The molecule has 1 heterocycles. The molecule has 1 aliphatic heterocycles. The third-order valence-electron chi connectivity index (χ3n) is 5.14. The second-order valence-corrected chi connectivity index (χ2v) is 7.80. The summed E-state index contributed by atoms with van der Waals surface area (Å²) in [4.78, 5) is 24.2. The number of amides is 1. The Hall–Kier alpha value is -2.01. The van der Waals surface area contributed by atoms with Crippen LogP contribution in [0, 0.1) is 5.92 Å². The molecule has 1 saturated carbocycles. The number of carbonyl (C=O) groups excluding carboxylic acids is 1. The number of fused-ring (bicyclic) bond motifs is 1. The van der Waals surface area contributed by atoms with Crippen molar-refractivity contribution in [3.63, 3.8) is 0 Å². The van der Waals surface area contributed by atoms with E-state index in [1.807, 2.05) is 18.2 Å². The van der Waals surface area contributed by atoms with Gasteiger partial charge in [-0.2, -0.15) is 11.8 Å². The largest absolute Gasteiger partial charge is 0.479 e. The molecule has 2 aromatic rings. The van der Waals surface area contributed by atoms with Crippen molar-refractivity contribution in [2.75, 3.05) is 11.5 Å². The van der Waals surface area contributed by atoms with Crippen LogP contribution in [0.5, 0.6) is 0 Å². The predicted molar refractivity (Wildman–Crippen MR) is 95.2 cm³/mol. The van der Waals surface area contributed by atoms with E-state index in [1.54, 1.807) is 11.8 Å². The van der Waals surface area contributed by atoms with Crippen LogP contribution in [0.1, 0.15) is 24.3 Å². The van der Waals surface area contributed by atoms with Crippen LogP contribution < -0.4 is 5.32 Å². The monoisotopic (exact) mass is 341 g/mol. The molecular weight excluding hydrogens is 322 g/mol. The number of hydrogen-bond acceptors (Lipinski definition) is 3. The summed E-state index contributed by atoms with van der Waals surface area (Å²) in [6.45, 7) is 0. The van der Waals surface area contributed by atoms with Gasteiger partial charge in [0, 0.05) is 11.7 Å². The Bertz CT molecular complexity index is 808. The first kappa shape index (κ1) is 15.5. The van der Waals surface area contributed by atoms with Crippen molar-refractivity contribution < 1.29 is 14.7 Å². The van der Waals surface area contributed by atoms with E-state index in [-0.39, 0.29) is 17.7 Å². The zero-order chi connectivity index (χ0) is 16.7. The Kier molecular flexibility index (Phi) is 3.76. The van der Waals surface area contributed by atoms with E-state index in [0.29, 0.717) is 12.2 Å². The van der Waals surface area contributed by atoms with Crippen LogP contribution in [0.25, 0.3) is 10.8 Å². The van der Waals surface area contributed by atoms with E-state index >= 15 is 0 Å². The van der Waals surface area contributed by atoms with Gasteiger partial charge in [0.25, 0.3) is 0 Å². The Morgan fingerprint density at radius 1 is 1.17 bits per heavy atom. The number of nitrogens with one attached hydrogen (secondary N) is 1. The van der Waals surface area contributed by atoms with Gasteiger partial charge in [-0.25, -0.2) is 4.79 Å². The fourth-order valence-electron chi connectivity index (χ4n) is 3.62. The van der Waals surface area contributed by atoms with Crippen molar-refractivity contribution in [2.45, 2.75) is 24.3 Å². The van der Waals surface area contributed by atoms with Gasteiger partial charge in [0.05, 0.1) is 0 Å². The smallest absolute Gasteiger partial charge is 0.330 e. The van der Waals surface area contributed by atoms with Gasteiger partial charge in [0.1, 0.15) is 5.54 Å². The number of carboxylic acids is 1. The standard InChI is InChI=1S/C19H19NO3S/c21-17(20-19(18(22)23)8-9-24-11-19)16-10-15(16)14-7-3-5-12-4-1-2-6-13(12)14/h1-7,15-16H,8-11H2,(H,20,21)(H,22,23). The molecule has 1 amide bonds. The maximum Gasteiger partial charge on any atom is 0.330 e. The quantitative estimate of drug-likeness (QED) is 0.897. The lowest BCUT2D eigenvalue weighted by Crippen LogP contribution is -2.55. The summed E-state index contributed by atoms with van der Waals surface area (Å²) in [6.07, 6.45) is 1.30. The van der Waals surface area contributed by atoms with Crippen molar-refractivity contribution in [1.82, 2.24) is 5.32 Å². The fourth-order valence-corrected chi connectivity index (χ4v) is 4.94. The second kappa shape index (κ2) is 5.81. The number of carbonyl (C=O) groups is 2. The minimum atomic E-state index is -1.08. The first-order chi connectivity index (χ1) is 11.6.